The standard InChI is InChI=1S/C21H24N4O2S2/c1-4-25-19(16-7-5-6-8-17(16)27-3)22-23-21(25)29-14(2)20(26)24-11-9-18-15(13-24)10-12-28-18/h5-8,10,12,14H,4,9,11,13H2,1-3H3. The Morgan fingerprint density at radius 2 is 2.14 bits per heavy atom. The van der Waals surface area contributed by atoms with Gasteiger partial charge in [0.2, 0.25) is 5.91 Å². The van der Waals surface area contributed by atoms with E-state index in [4.69, 9.17) is 4.74 Å². The average molecular weight is 429 g/mol. The van der Waals surface area contributed by atoms with Gasteiger partial charge in [0, 0.05) is 24.5 Å². The first-order chi connectivity index (χ1) is 14.1. The number of hydrogen-bond donors (Lipinski definition) is 0. The number of methoxy groups -OCH3 is 1. The van der Waals surface area contributed by atoms with Crippen LogP contribution in [0.1, 0.15) is 24.3 Å². The number of aromatic nitrogens is 3. The summed E-state index contributed by atoms with van der Waals surface area (Å²) in [6.45, 7) is 6.21. The minimum Gasteiger partial charge on any atom is -0.496 e. The lowest BCUT2D eigenvalue weighted by Gasteiger charge is -2.29. The molecule has 1 amide bonds. The normalized spacial score (nSPS) is 14.5. The lowest BCUT2D eigenvalue weighted by molar-refractivity contribution is -0.131. The predicted octanol–water partition coefficient (Wildman–Crippen LogP) is 4.10. The van der Waals surface area contributed by atoms with Crippen molar-refractivity contribution in [3.63, 3.8) is 0 Å². The Labute approximate surface area is 178 Å². The zero-order chi connectivity index (χ0) is 20.4. The second-order valence-corrected chi connectivity index (χ2v) is 9.20. The second kappa shape index (κ2) is 8.59. The third kappa shape index (κ3) is 3.91. The molecule has 0 saturated carbocycles. The van der Waals surface area contributed by atoms with Crippen molar-refractivity contribution in [1.29, 1.82) is 0 Å². The van der Waals surface area contributed by atoms with Crippen LogP contribution in [0.5, 0.6) is 5.75 Å². The zero-order valence-corrected chi connectivity index (χ0v) is 18.4. The van der Waals surface area contributed by atoms with E-state index < -0.39 is 0 Å². The summed E-state index contributed by atoms with van der Waals surface area (Å²) in [6.07, 6.45) is 0.944. The summed E-state index contributed by atoms with van der Waals surface area (Å²) >= 11 is 3.25. The minimum absolute atomic E-state index is 0.149. The van der Waals surface area contributed by atoms with Crippen LogP contribution in [0.4, 0.5) is 0 Å². The highest BCUT2D eigenvalue weighted by Crippen LogP contribution is 2.33. The summed E-state index contributed by atoms with van der Waals surface area (Å²) in [5.74, 6) is 1.67. The van der Waals surface area contributed by atoms with E-state index in [1.165, 1.54) is 22.2 Å². The largest absolute Gasteiger partial charge is 0.496 e. The number of benzene rings is 1. The number of nitrogens with zero attached hydrogens (tertiary/aromatic N) is 4. The van der Waals surface area contributed by atoms with E-state index >= 15 is 0 Å². The van der Waals surface area contributed by atoms with Crippen molar-refractivity contribution in [2.75, 3.05) is 13.7 Å². The second-order valence-electron chi connectivity index (χ2n) is 6.89. The molecule has 4 rings (SSSR count). The van der Waals surface area contributed by atoms with E-state index in [1.807, 2.05) is 40.7 Å². The molecule has 29 heavy (non-hydrogen) atoms. The molecule has 2 aromatic heterocycles. The molecule has 1 aliphatic rings. The number of ether oxygens (including phenoxy) is 1. The van der Waals surface area contributed by atoms with Crippen molar-refractivity contribution >= 4 is 29.0 Å². The van der Waals surface area contributed by atoms with Crippen LogP contribution in [0.3, 0.4) is 0 Å². The maximum absolute atomic E-state index is 13.0. The fraction of sp³-hybridized carbons (Fsp3) is 0.381. The molecule has 0 radical (unpaired) electrons. The van der Waals surface area contributed by atoms with E-state index in [2.05, 4.69) is 28.6 Å². The first-order valence-corrected chi connectivity index (χ1v) is 11.5. The summed E-state index contributed by atoms with van der Waals surface area (Å²) in [5, 5.41) is 11.4. The Bertz CT molecular complexity index is 1010. The van der Waals surface area contributed by atoms with Gasteiger partial charge in [0.1, 0.15) is 5.75 Å². The van der Waals surface area contributed by atoms with Gasteiger partial charge in [0.15, 0.2) is 11.0 Å². The Balaban J connectivity index is 1.52. The molecule has 152 valence electrons. The molecule has 0 saturated heterocycles. The first kappa shape index (κ1) is 20.0. The number of thioether (sulfide) groups is 1. The Kier molecular flexibility index (Phi) is 5.91. The molecule has 1 unspecified atom stereocenters. The fourth-order valence-electron chi connectivity index (χ4n) is 3.59. The van der Waals surface area contributed by atoms with Crippen LogP contribution in [-0.4, -0.2) is 44.5 Å². The van der Waals surface area contributed by atoms with Crippen LogP contribution in [0, 0.1) is 0 Å². The molecule has 0 aliphatic carbocycles. The molecule has 1 atom stereocenters. The topological polar surface area (TPSA) is 60.2 Å². The molecular formula is C21H24N4O2S2. The number of fused-ring (bicyclic) bond motifs is 1. The van der Waals surface area contributed by atoms with Crippen LogP contribution in [0.2, 0.25) is 0 Å². The van der Waals surface area contributed by atoms with Gasteiger partial charge in [0.05, 0.1) is 17.9 Å². The molecule has 1 aliphatic heterocycles. The predicted molar refractivity (Wildman–Crippen MR) is 116 cm³/mol. The maximum atomic E-state index is 13.0. The van der Waals surface area contributed by atoms with Gasteiger partial charge in [-0.15, -0.1) is 21.5 Å². The molecule has 0 N–H and O–H groups in total. The van der Waals surface area contributed by atoms with E-state index in [-0.39, 0.29) is 11.2 Å². The van der Waals surface area contributed by atoms with Crippen LogP contribution in [0.25, 0.3) is 11.4 Å². The van der Waals surface area contributed by atoms with Gasteiger partial charge in [0.25, 0.3) is 0 Å². The molecule has 8 heteroatoms. The lowest BCUT2D eigenvalue weighted by atomic mass is 10.1. The van der Waals surface area contributed by atoms with Crippen molar-refractivity contribution in [1.82, 2.24) is 19.7 Å². The number of amides is 1. The van der Waals surface area contributed by atoms with E-state index in [1.54, 1.807) is 18.4 Å². The Morgan fingerprint density at radius 3 is 2.93 bits per heavy atom. The molecule has 0 bridgehead atoms. The SMILES string of the molecule is CCn1c(SC(C)C(=O)N2CCc3sccc3C2)nnc1-c1ccccc1OC. The quantitative estimate of drug-likeness (QED) is 0.553. The number of rotatable bonds is 6. The summed E-state index contributed by atoms with van der Waals surface area (Å²) < 4.78 is 7.52. The van der Waals surface area contributed by atoms with Crippen LogP contribution in [-0.2, 0) is 24.3 Å². The van der Waals surface area contributed by atoms with Crippen molar-refractivity contribution in [3.8, 4) is 17.1 Å². The van der Waals surface area contributed by atoms with Gasteiger partial charge in [-0.2, -0.15) is 0 Å². The molecule has 0 spiro atoms. The summed E-state index contributed by atoms with van der Waals surface area (Å²) in [4.78, 5) is 16.4. The molecule has 1 aromatic carbocycles. The van der Waals surface area contributed by atoms with Crippen molar-refractivity contribution < 1.29 is 9.53 Å². The molecule has 3 heterocycles. The smallest absolute Gasteiger partial charge is 0.236 e. The number of thiophene rings is 1. The zero-order valence-electron chi connectivity index (χ0n) is 16.8. The van der Waals surface area contributed by atoms with Crippen LogP contribution >= 0.6 is 23.1 Å². The molecular weight excluding hydrogens is 404 g/mol. The third-order valence-electron chi connectivity index (χ3n) is 5.13. The Hall–Kier alpha value is -2.32. The van der Waals surface area contributed by atoms with Crippen LogP contribution in [0.15, 0.2) is 40.9 Å². The van der Waals surface area contributed by atoms with Gasteiger partial charge in [-0.1, -0.05) is 23.9 Å². The number of para-hydroxylation sites is 1. The number of hydrogen-bond acceptors (Lipinski definition) is 6. The lowest BCUT2D eigenvalue weighted by Crippen LogP contribution is -2.39. The van der Waals surface area contributed by atoms with E-state index in [0.29, 0.717) is 13.1 Å². The highest BCUT2D eigenvalue weighted by Gasteiger charge is 2.27. The highest BCUT2D eigenvalue weighted by atomic mass is 32.2. The van der Waals surface area contributed by atoms with Crippen LogP contribution < -0.4 is 4.74 Å². The number of carbonyl (C=O) groups is 1. The summed E-state index contributed by atoms with van der Waals surface area (Å²) in [5.41, 5.74) is 2.18. The third-order valence-corrected chi connectivity index (χ3v) is 7.22. The van der Waals surface area contributed by atoms with E-state index in [0.717, 1.165) is 35.3 Å². The average Bonchev–Trinajstić information content (AvgIpc) is 3.38. The summed E-state index contributed by atoms with van der Waals surface area (Å²) in [6, 6.07) is 9.91. The summed E-state index contributed by atoms with van der Waals surface area (Å²) in [7, 11) is 1.65. The van der Waals surface area contributed by atoms with Gasteiger partial charge in [-0.05, 0) is 49.4 Å². The Morgan fingerprint density at radius 1 is 1.31 bits per heavy atom. The molecule has 0 fully saturated rings. The van der Waals surface area contributed by atoms with Crippen molar-refractivity contribution in [2.45, 2.75) is 43.8 Å². The molecule has 3 aromatic rings. The van der Waals surface area contributed by atoms with Crippen molar-refractivity contribution in [3.05, 3.63) is 46.2 Å². The fourth-order valence-corrected chi connectivity index (χ4v) is 5.48. The molecule has 6 nitrogen and oxygen atoms in total. The monoisotopic (exact) mass is 428 g/mol. The highest BCUT2D eigenvalue weighted by molar-refractivity contribution is 8.00. The van der Waals surface area contributed by atoms with Gasteiger partial charge >= 0.3 is 0 Å². The van der Waals surface area contributed by atoms with Gasteiger partial charge in [-0.25, -0.2) is 0 Å². The first-order valence-electron chi connectivity index (χ1n) is 9.69. The van der Waals surface area contributed by atoms with E-state index in [9.17, 15) is 4.79 Å². The van der Waals surface area contributed by atoms with Gasteiger partial charge in [-0.3, -0.25) is 4.79 Å². The van der Waals surface area contributed by atoms with Crippen molar-refractivity contribution in [2.24, 2.45) is 0 Å². The maximum Gasteiger partial charge on any atom is 0.236 e. The number of carbonyl (C=O) groups excluding carboxylic acids is 1. The minimum atomic E-state index is -0.227. The van der Waals surface area contributed by atoms with Gasteiger partial charge < -0.3 is 14.2 Å².